The van der Waals surface area contributed by atoms with Gasteiger partial charge in [0.25, 0.3) is 0 Å². The van der Waals surface area contributed by atoms with Gasteiger partial charge in [0.2, 0.25) is 17.6 Å². The zero-order valence-electron chi connectivity index (χ0n) is 15.0. The summed E-state index contributed by atoms with van der Waals surface area (Å²) in [5.41, 5.74) is 0.359. The number of alkyl halides is 2. The van der Waals surface area contributed by atoms with E-state index in [1.54, 1.807) is 24.3 Å². The van der Waals surface area contributed by atoms with Crippen molar-refractivity contribution in [1.82, 2.24) is 0 Å². The number of rotatable bonds is 4. The van der Waals surface area contributed by atoms with E-state index in [1.165, 1.54) is 21.3 Å². The highest BCUT2D eigenvalue weighted by Gasteiger charge is 2.89. The van der Waals surface area contributed by atoms with E-state index in [2.05, 4.69) is 0 Å². The largest absolute Gasteiger partial charge is 0.497 e. The van der Waals surface area contributed by atoms with Gasteiger partial charge in [0.05, 0.1) is 34.7 Å². The van der Waals surface area contributed by atoms with Crippen LogP contribution in [0.3, 0.4) is 0 Å². The van der Waals surface area contributed by atoms with Crippen LogP contribution >= 0.6 is 46.4 Å². The molecule has 2 bridgehead atoms. The lowest BCUT2D eigenvalue weighted by Crippen LogP contribution is -2.60. The zero-order valence-corrected chi connectivity index (χ0v) is 18.0. The average Bonchev–Trinajstić information content (AvgIpc) is 3.12. The second kappa shape index (κ2) is 6.24. The molecule has 1 aromatic carbocycles. The first-order valence-corrected chi connectivity index (χ1v) is 9.74. The monoisotopic (exact) mass is 465 g/mol. The van der Waals surface area contributed by atoms with Gasteiger partial charge in [-0.25, -0.2) is 4.90 Å². The van der Waals surface area contributed by atoms with Crippen molar-refractivity contribution >= 4 is 63.9 Å². The van der Waals surface area contributed by atoms with E-state index >= 15 is 0 Å². The van der Waals surface area contributed by atoms with Gasteiger partial charge in [0.15, 0.2) is 0 Å². The van der Waals surface area contributed by atoms with Crippen LogP contribution in [0.1, 0.15) is 0 Å². The summed E-state index contributed by atoms with van der Waals surface area (Å²) in [6, 6.07) is 6.46. The molecule has 0 aromatic heterocycles. The van der Waals surface area contributed by atoms with Crippen LogP contribution in [-0.2, 0) is 19.1 Å². The number of hydrogen-bond acceptors (Lipinski definition) is 5. The molecule has 1 aromatic rings. The van der Waals surface area contributed by atoms with Crippen molar-refractivity contribution in [2.45, 2.75) is 15.5 Å². The molecule has 2 amide bonds. The Balaban J connectivity index is 1.88. The SMILES string of the molecule is COc1ccc(N2C(=O)[C@@H]3[C@@H](C2=O)[C@]2(Cl)C(Cl)=C(Cl)[C@]3(Cl)C2(OC)OC)cc1. The molecule has 4 rings (SSSR count). The molecule has 10 heteroatoms. The molecule has 1 heterocycles. The van der Waals surface area contributed by atoms with Gasteiger partial charge < -0.3 is 14.2 Å². The summed E-state index contributed by atoms with van der Waals surface area (Å²) in [4.78, 5) is 24.2. The fraction of sp³-hybridized carbons (Fsp3) is 0.444. The van der Waals surface area contributed by atoms with Gasteiger partial charge in [0.1, 0.15) is 15.5 Å². The lowest BCUT2D eigenvalue weighted by Gasteiger charge is -2.42. The van der Waals surface area contributed by atoms with Crippen molar-refractivity contribution < 1.29 is 23.8 Å². The molecule has 3 aliphatic rings. The van der Waals surface area contributed by atoms with Crippen molar-refractivity contribution in [2.24, 2.45) is 11.8 Å². The van der Waals surface area contributed by atoms with Crippen LogP contribution in [0, 0.1) is 11.8 Å². The second-order valence-corrected chi connectivity index (χ2v) is 8.69. The summed E-state index contributed by atoms with van der Waals surface area (Å²) in [7, 11) is 4.14. The van der Waals surface area contributed by atoms with E-state index in [-0.39, 0.29) is 10.1 Å². The Kier molecular flexibility index (Phi) is 4.51. The summed E-state index contributed by atoms with van der Waals surface area (Å²) in [5.74, 6) is -4.55. The predicted octanol–water partition coefficient (Wildman–Crippen LogP) is 3.46. The number of benzene rings is 1. The first-order valence-electron chi connectivity index (χ1n) is 8.23. The molecule has 0 spiro atoms. The fourth-order valence-electron chi connectivity index (χ4n) is 4.69. The van der Waals surface area contributed by atoms with E-state index in [9.17, 15) is 9.59 Å². The first-order chi connectivity index (χ1) is 13.2. The molecule has 6 nitrogen and oxygen atoms in total. The Morgan fingerprint density at radius 2 is 1.29 bits per heavy atom. The van der Waals surface area contributed by atoms with E-state index in [4.69, 9.17) is 60.6 Å². The summed E-state index contributed by atoms with van der Waals surface area (Å²) in [6.07, 6.45) is 0. The van der Waals surface area contributed by atoms with Gasteiger partial charge in [-0.05, 0) is 24.3 Å². The summed E-state index contributed by atoms with van der Waals surface area (Å²) >= 11 is 26.6. The lowest BCUT2D eigenvalue weighted by atomic mass is 9.84. The van der Waals surface area contributed by atoms with Crippen molar-refractivity contribution in [3.8, 4) is 5.75 Å². The number of nitrogens with zero attached hydrogens (tertiary/aromatic N) is 1. The van der Waals surface area contributed by atoms with Crippen molar-refractivity contribution in [3.05, 3.63) is 34.3 Å². The maximum atomic E-state index is 13.4. The number of carbonyl (C=O) groups is 2. The second-order valence-electron chi connectivity index (χ2n) is 6.74. The predicted molar refractivity (Wildman–Crippen MR) is 105 cm³/mol. The van der Waals surface area contributed by atoms with Gasteiger partial charge in [-0.1, -0.05) is 23.2 Å². The molecule has 2 fully saturated rings. The smallest absolute Gasteiger partial charge is 0.240 e. The number of imide groups is 1. The number of halogens is 4. The Bertz CT molecular complexity index is 869. The summed E-state index contributed by atoms with van der Waals surface area (Å²) < 4.78 is 16.2. The fourth-order valence-corrected chi connectivity index (χ4v) is 6.85. The molecule has 2 aliphatic carbocycles. The third-order valence-corrected chi connectivity index (χ3v) is 8.47. The van der Waals surface area contributed by atoms with Gasteiger partial charge in [-0.2, -0.15) is 0 Å². The van der Waals surface area contributed by atoms with Crippen LogP contribution in [0.4, 0.5) is 5.69 Å². The van der Waals surface area contributed by atoms with Gasteiger partial charge >= 0.3 is 0 Å². The van der Waals surface area contributed by atoms with Crippen molar-refractivity contribution in [3.63, 3.8) is 0 Å². The van der Waals surface area contributed by atoms with Crippen LogP contribution in [0.5, 0.6) is 5.75 Å². The Labute approximate surface area is 181 Å². The van der Waals surface area contributed by atoms with Crippen molar-refractivity contribution in [1.29, 1.82) is 0 Å². The number of amides is 2. The molecule has 0 unspecified atom stereocenters. The molecule has 1 aliphatic heterocycles. The number of hydrogen-bond donors (Lipinski definition) is 0. The number of fused-ring (bicyclic) bond motifs is 5. The molecule has 28 heavy (non-hydrogen) atoms. The highest BCUT2D eigenvalue weighted by molar-refractivity contribution is 6.54. The maximum absolute atomic E-state index is 13.4. The minimum Gasteiger partial charge on any atom is -0.497 e. The van der Waals surface area contributed by atoms with Crippen LogP contribution in [-0.4, -0.2) is 48.7 Å². The Morgan fingerprint density at radius 1 is 0.857 bits per heavy atom. The lowest BCUT2D eigenvalue weighted by molar-refractivity contribution is -0.221. The third kappa shape index (κ3) is 1.90. The molecule has 1 saturated heterocycles. The minimum atomic E-state index is -1.79. The Hall–Kier alpha value is -1.02. The maximum Gasteiger partial charge on any atom is 0.240 e. The number of carbonyl (C=O) groups excluding carboxylic acids is 2. The molecule has 0 N–H and O–H groups in total. The van der Waals surface area contributed by atoms with Gasteiger partial charge in [-0.15, -0.1) is 23.2 Å². The van der Waals surface area contributed by atoms with E-state index in [0.717, 1.165) is 4.90 Å². The van der Waals surface area contributed by atoms with Crippen LogP contribution in [0.15, 0.2) is 34.3 Å². The average molecular weight is 467 g/mol. The third-order valence-electron chi connectivity index (χ3n) is 5.86. The number of anilines is 1. The first kappa shape index (κ1) is 20.3. The number of methoxy groups -OCH3 is 3. The van der Waals surface area contributed by atoms with Gasteiger partial charge in [0, 0.05) is 14.2 Å². The zero-order chi connectivity index (χ0) is 20.6. The summed E-state index contributed by atoms with van der Waals surface area (Å²) in [6.45, 7) is 0. The molecular weight excluding hydrogens is 452 g/mol. The minimum absolute atomic E-state index is 0.0616. The van der Waals surface area contributed by atoms with Crippen molar-refractivity contribution in [2.75, 3.05) is 26.2 Å². The van der Waals surface area contributed by atoms with E-state index < -0.39 is 39.2 Å². The van der Waals surface area contributed by atoms with Crippen LogP contribution in [0.2, 0.25) is 0 Å². The summed E-state index contributed by atoms with van der Waals surface area (Å²) in [5, 5.41) is -0.123. The molecule has 0 radical (unpaired) electrons. The number of ether oxygens (including phenoxy) is 3. The molecule has 4 atom stereocenters. The van der Waals surface area contributed by atoms with Crippen LogP contribution in [0.25, 0.3) is 0 Å². The highest BCUT2D eigenvalue weighted by Crippen LogP contribution is 2.75. The van der Waals surface area contributed by atoms with Crippen LogP contribution < -0.4 is 9.64 Å². The standard InChI is InChI=1S/C18H15Cl4NO5/c1-26-9-6-4-8(5-7-9)23-14(24)10-11(15(23)25)17(22)13(20)12(19)16(10,21)18(17,27-2)28-3/h4-7,10-11H,1-3H3/t10-,11-,16-,17-/m0/s1. The molecular formula is C18H15Cl4NO5. The van der Waals surface area contributed by atoms with E-state index in [0.29, 0.717) is 11.4 Å². The normalized spacial score (nSPS) is 35.8. The molecule has 150 valence electrons. The van der Waals surface area contributed by atoms with Gasteiger partial charge in [-0.3, -0.25) is 9.59 Å². The highest BCUT2D eigenvalue weighted by atomic mass is 35.5. The quantitative estimate of drug-likeness (QED) is 0.386. The van der Waals surface area contributed by atoms with E-state index in [1.807, 2.05) is 0 Å². The Morgan fingerprint density at radius 3 is 1.64 bits per heavy atom. The topological polar surface area (TPSA) is 65.1 Å². The molecule has 1 saturated carbocycles.